The molecule has 0 radical (unpaired) electrons. The Morgan fingerprint density at radius 2 is 1.76 bits per heavy atom. The predicted octanol–water partition coefficient (Wildman–Crippen LogP) is 3.46. The van der Waals surface area contributed by atoms with Gasteiger partial charge in [-0.3, -0.25) is 0 Å². The zero-order valence-electron chi connectivity index (χ0n) is 18.8. The van der Waals surface area contributed by atoms with Crippen molar-refractivity contribution in [3.05, 3.63) is 53.7 Å². The molecule has 1 fully saturated rings. The van der Waals surface area contributed by atoms with Crippen LogP contribution in [-0.4, -0.2) is 41.5 Å². The molecule has 1 aliphatic carbocycles. The molecule has 0 unspecified atom stereocenters. The molecule has 0 saturated heterocycles. The number of aromatic nitrogens is 2. The van der Waals surface area contributed by atoms with E-state index < -0.39 is 0 Å². The highest BCUT2D eigenvalue weighted by Gasteiger charge is 2.24. The van der Waals surface area contributed by atoms with Crippen molar-refractivity contribution in [3.63, 3.8) is 0 Å². The van der Waals surface area contributed by atoms with E-state index in [4.69, 9.17) is 30.8 Å². The van der Waals surface area contributed by atoms with Gasteiger partial charge in [-0.25, -0.2) is 4.98 Å². The molecule has 1 saturated carbocycles. The minimum absolute atomic E-state index is 0.0274. The summed E-state index contributed by atoms with van der Waals surface area (Å²) in [6.07, 6.45) is 4.58. The number of ether oxygens (including phenoxy) is 3. The van der Waals surface area contributed by atoms with Gasteiger partial charge < -0.3 is 30.8 Å². The van der Waals surface area contributed by atoms with Crippen molar-refractivity contribution in [1.82, 2.24) is 9.97 Å². The molecule has 1 aliphatic rings. The lowest BCUT2D eigenvalue weighted by molar-refractivity contribution is 0.201. The Kier molecular flexibility index (Phi) is 7.14. The molecule has 174 valence electrons. The number of hydrogen-bond donors (Lipinski definition) is 3. The summed E-state index contributed by atoms with van der Waals surface area (Å²) in [5.74, 6) is 3.32. The molecular weight excluding hydrogens is 420 g/mol. The van der Waals surface area contributed by atoms with Crippen LogP contribution in [0.15, 0.2) is 42.6 Å². The molecule has 1 heterocycles. The fraction of sp³-hybridized carbons (Fsp3) is 0.360. The minimum atomic E-state index is -0.0274. The number of anilines is 2. The van der Waals surface area contributed by atoms with Gasteiger partial charge in [0, 0.05) is 18.2 Å². The Balaban J connectivity index is 1.71. The first kappa shape index (κ1) is 22.7. The van der Waals surface area contributed by atoms with Crippen molar-refractivity contribution < 1.29 is 19.3 Å². The summed E-state index contributed by atoms with van der Waals surface area (Å²) < 4.78 is 17.9. The smallest absolute Gasteiger partial charge is 0.221 e. The van der Waals surface area contributed by atoms with Gasteiger partial charge in [0.1, 0.15) is 29.7 Å². The summed E-state index contributed by atoms with van der Waals surface area (Å²) in [4.78, 5) is 8.14. The van der Waals surface area contributed by atoms with Crippen molar-refractivity contribution in [2.24, 2.45) is 5.92 Å². The van der Waals surface area contributed by atoms with Crippen molar-refractivity contribution in [1.29, 1.82) is 0 Å². The lowest BCUT2D eigenvalue weighted by Gasteiger charge is -2.19. The zero-order valence-corrected chi connectivity index (χ0v) is 18.8. The van der Waals surface area contributed by atoms with Gasteiger partial charge in [-0.15, -0.1) is 0 Å². The van der Waals surface area contributed by atoms with E-state index in [0.717, 1.165) is 33.8 Å². The second-order valence-corrected chi connectivity index (χ2v) is 8.07. The van der Waals surface area contributed by atoms with E-state index in [9.17, 15) is 0 Å². The van der Waals surface area contributed by atoms with E-state index in [-0.39, 0.29) is 19.2 Å². The lowest BCUT2D eigenvalue weighted by Crippen LogP contribution is -2.06. The van der Waals surface area contributed by atoms with Crippen LogP contribution in [0.4, 0.5) is 11.8 Å². The Morgan fingerprint density at radius 3 is 2.39 bits per heavy atom. The molecule has 8 heteroatoms. The number of benzene rings is 2. The number of nitrogens with zero attached hydrogens (tertiary/aromatic N) is 2. The lowest BCUT2D eigenvalue weighted by atomic mass is 9.98. The maximum Gasteiger partial charge on any atom is 0.221 e. The average molecular weight is 451 g/mol. The van der Waals surface area contributed by atoms with Gasteiger partial charge in [-0.2, -0.15) is 4.98 Å². The van der Waals surface area contributed by atoms with E-state index in [1.807, 2.05) is 43.3 Å². The van der Waals surface area contributed by atoms with Gasteiger partial charge in [0.15, 0.2) is 0 Å². The molecule has 0 spiro atoms. The monoisotopic (exact) mass is 450 g/mol. The Labute approximate surface area is 193 Å². The molecule has 0 atom stereocenters. The highest BCUT2D eigenvalue weighted by molar-refractivity contribution is 5.78. The third-order valence-electron chi connectivity index (χ3n) is 5.41. The topological polar surface area (TPSA) is 126 Å². The summed E-state index contributed by atoms with van der Waals surface area (Å²) >= 11 is 0. The minimum Gasteiger partial charge on any atom is -0.493 e. The van der Waals surface area contributed by atoms with Gasteiger partial charge in [-0.05, 0) is 61.1 Å². The van der Waals surface area contributed by atoms with Crippen molar-refractivity contribution in [2.75, 3.05) is 37.9 Å². The third-order valence-corrected chi connectivity index (χ3v) is 5.41. The van der Waals surface area contributed by atoms with Crippen molar-refractivity contribution in [2.45, 2.75) is 26.2 Å². The Hall–Kier alpha value is -3.52. The van der Waals surface area contributed by atoms with Crippen LogP contribution in [-0.2, 0) is 6.42 Å². The quantitative estimate of drug-likeness (QED) is 0.405. The summed E-state index contributed by atoms with van der Waals surface area (Å²) in [6.45, 7) is 3.38. The first-order chi connectivity index (χ1) is 16.1. The maximum atomic E-state index is 8.98. The normalized spacial score (nSPS) is 13.0. The van der Waals surface area contributed by atoms with E-state index in [0.29, 0.717) is 37.1 Å². The molecule has 0 amide bonds. The summed E-state index contributed by atoms with van der Waals surface area (Å²) in [5, 5.41) is 8.98. The van der Waals surface area contributed by atoms with E-state index in [1.165, 1.54) is 12.8 Å². The SMILES string of the molecule is CCOc1cc(Cc2cnc(N)nc2N)cc(OCC2CC2)c1-c1ccc(OCCO)cc1. The van der Waals surface area contributed by atoms with E-state index in [1.54, 1.807) is 6.20 Å². The fourth-order valence-electron chi connectivity index (χ4n) is 3.58. The Bertz CT molecular complexity index is 1080. The van der Waals surface area contributed by atoms with Crippen LogP contribution in [0.1, 0.15) is 30.9 Å². The number of nitrogens with two attached hydrogens (primary N) is 2. The number of aliphatic hydroxyl groups excluding tert-OH is 1. The molecule has 1 aromatic heterocycles. The number of nitrogen functional groups attached to an aromatic ring is 2. The second kappa shape index (κ2) is 10.4. The summed E-state index contributed by atoms with van der Waals surface area (Å²) in [6, 6.07) is 11.7. The predicted molar refractivity (Wildman–Crippen MR) is 128 cm³/mol. The third kappa shape index (κ3) is 5.84. The highest BCUT2D eigenvalue weighted by Crippen LogP contribution is 2.42. The molecule has 3 aromatic rings. The van der Waals surface area contributed by atoms with Crippen LogP contribution in [0.3, 0.4) is 0 Å². The van der Waals surface area contributed by atoms with Gasteiger partial charge >= 0.3 is 0 Å². The Morgan fingerprint density at radius 1 is 1.03 bits per heavy atom. The largest absolute Gasteiger partial charge is 0.493 e. The molecule has 33 heavy (non-hydrogen) atoms. The molecular formula is C25H30N4O4. The molecule has 4 rings (SSSR count). The van der Waals surface area contributed by atoms with Gasteiger partial charge in [0.05, 0.1) is 25.4 Å². The fourth-order valence-corrected chi connectivity index (χ4v) is 3.58. The van der Waals surface area contributed by atoms with Crippen molar-refractivity contribution >= 4 is 11.8 Å². The molecule has 8 nitrogen and oxygen atoms in total. The molecule has 5 N–H and O–H groups in total. The molecule has 0 aliphatic heterocycles. The average Bonchev–Trinajstić information content (AvgIpc) is 3.63. The van der Waals surface area contributed by atoms with Crippen LogP contribution < -0.4 is 25.7 Å². The van der Waals surface area contributed by atoms with Gasteiger partial charge in [-0.1, -0.05) is 12.1 Å². The highest BCUT2D eigenvalue weighted by atomic mass is 16.5. The maximum absolute atomic E-state index is 8.98. The van der Waals surface area contributed by atoms with Gasteiger partial charge in [0.25, 0.3) is 0 Å². The van der Waals surface area contributed by atoms with E-state index in [2.05, 4.69) is 9.97 Å². The number of rotatable bonds is 11. The van der Waals surface area contributed by atoms with E-state index >= 15 is 0 Å². The van der Waals surface area contributed by atoms with Crippen LogP contribution in [0.25, 0.3) is 11.1 Å². The molecule has 0 bridgehead atoms. The van der Waals surface area contributed by atoms with Crippen LogP contribution in [0, 0.1) is 5.92 Å². The molecule has 2 aromatic carbocycles. The number of aliphatic hydroxyl groups is 1. The van der Waals surface area contributed by atoms with Crippen molar-refractivity contribution in [3.8, 4) is 28.4 Å². The number of hydrogen-bond acceptors (Lipinski definition) is 8. The first-order valence-corrected chi connectivity index (χ1v) is 11.2. The summed E-state index contributed by atoms with van der Waals surface area (Å²) in [7, 11) is 0. The summed E-state index contributed by atoms with van der Waals surface area (Å²) in [5.41, 5.74) is 15.3. The van der Waals surface area contributed by atoms with Crippen LogP contribution >= 0.6 is 0 Å². The van der Waals surface area contributed by atoms with Crippen LogP contribution in [0.2, 0.25) is 0 Å². The zero-order chi connectivity index (χ0) is 23.2. The first-order valence-electron chi connectivity index (χ1n) is 11.2. The van der Waals surface area contributed by atoms with Crippen LogP contribution in [0.5, 0.6) is 17.2 Å². The second-order valence-electron chi connectivity index (χ2n) is 8.07. The van der Waals surface area contributed by atoms with Gasteiger partial charge in [0.2, 0.25) is 5.95 Å². The standard InChI is InChI=1S/C25H30N4O4/c1-2-31-21-12-17(11-19-14-28-25(27)29-24(19)26)13-22(33-15-16-3-4-16)23(21)18-5-7-20(8-6-18)32-10-9-30/h5-8,12-14,16,30H,2-4,9-11,15H2,1H3,(H4,26,27,28,29).